The van der Waals surface area contributed by atoms with Gasteiger partial charge in [0, 0.05) is 18.4 Å². The standard InChI is InChI=1S/C21H16F3N5O/c22-21(23,24)14-6-8-15(9-7-14)27-18-17-16(10-11-25-19(17)30)28-20(29-18)26-12-13-4-2-1-3-5-13/h1-11H,12H2,(H,25,30)(H2,26,27,28,29). The summed E-state index contributed by atoms with van der Waals surface area (Å²) in [5.41, 5.74) is 0.614. The predicted molar refractivity (Wildman–Crippen MR) is 109 cm³/mol. The fraction of sp³-hybridized carbons (Fsp3) is 0.0952. The first-order chi connectivity index (χ1) is 14.4. The molecule has 2 heterocycles. The van der Waals surface area contributed by atoms with Crippen LogP contribution >= 0.6 is 0 Å². The van der Waals surface area contributed by atoms with Crippen LogP contribution in [-0.4, -0.2) is 15.0 Å². The Labute approximate surface area is 168 Å². The van der Waals surface area contributed by atoms with Gasteiger partial charge in [-0.1, -0.05) is 30.3 Å². The minimum Gasteiger partial charge on any atom is -0.350 e. The average Bonchev–Trinajstić information content (AvgIpc) is 2.73. The molecular weight excluding hydrogens is 395 g/mol. The van der Waals surface area contributed by atoms with Crippen LogP contribution in [-0.2, 0) is 12.7 Å². The maximum atomic E-state index is 12.8. The van der Waals surface area contributed by atoms with Gasteiger partial charge in [0.1, 0.15) is 11.2 Å². The summed E-state index contributed by atoms with van der Waals surface area (Å²) in [6, 6.07) is 15.7. The summed E-state index contributed by atoms with van der Waals surface area (Å²) in [5, 5.41) is 6.24. The van der Waals surface area contributed by atoms with Crippen LogP contribution < -0.4 is 16.2 Å². The molecule has 0 aliphatic rings. The van der Waals surface area contributed by atoms with Crippen LogP contribution in [0.1, 0.15) is 11.1 Å². The third-order valence-electron chi connectivity index (χ3n) is 4.39. The molecule has 0 aliphatic heterocycles. The van der Waals surface area contributed by atoms with Crippen LogP contribution in [0.25, 0.3) is 10.9 Å². The van der Waals surface area contributed by atoms with Crippen LogP contribution in [0.15, 0.2) is 71.7 Å². The molecule has 9 heteroatoms. The van der Waals surface area contributed by atoms with Gasteiger partial charge >= 0.3 is 6.18 Å². The van der Waals surface area contributed by atoms with Gasteiger partial charge in [-0.15, -0.1) is 0 Å². The first-order valence-corrected chi connectivity index (χ1v) is 9.02. The molecule has 0 bridgehead atoms. The summed E-state index contributed by atoms with van der Waals surface area (Å²) in [4.78, 5) is 23.6. The van der Waals surface area contributed by atoms with E-state index in [1.165, 1.54) is 18.3 Å². The average molecular weight is 411 g/mol. The fourth-order valence-electron chi connectivity index (χ4n) is 2.92. The maximum absolute atomic E-state index is 12.8. The number of alkyl halides is 3. The van der Waals surface area contributed by atoms with E-state index in [1.54, 1.807) is 6.07 Å². The van der Waals surface area contributed by atoms with Gasteiger partial charge in [-0.3, -0.25) is 4.79 Å². The third-order valence-corrected chi connectivity index (χ3v) is 4.39. The van der Waals surface area contributed by atoms with Crippen LogP contribution in [0, 0.1) is 0 Å². The van der Waals surface area contributed by atoms with Gasteiger partial charge in [0.15, 0.2) is 0 Å². The number of aromatic nitrogens is 3. The maximum Gasteiger partial charge on any atom is 0.416 e. The summed E-state index contributed by atoms with van der Waals surface area (Å²) < 4.78 is 38.4. The molecule has 0 atom stereocenters. The third kappa shape index (κ3) is 4.24. The summed E-state index contributed by atoms with van der Waals surface area (Å²) in [6.07, 6.45) is -2.95. The zero-order chi connectivity index (χ0) is 21.1. The molecule has 4 aromatic rings. The molecule has 0 aliphatic carbocycles. The molecule has 2 aromatic heterocycles. The summed E-state index contributed by atoms with van der Waals surface area (Å²) in [6.45, 7) is 0.468. The van der Waals surface area contributed by atoms with E-state index < -0.39 is 17.3 Å². The van der Waals surface area contributed by atoms with Gasteiger partial charge in [-0.05, 0) is 35.9 Å². The number of nitrogens with zero attached hydrogens (tertiary/aromatic N) is 2. The highest BCUT2D eigenvalue weighted by Gasteiger charge is 2.30. The highest BCUT2D eigenvalue weighted by atomic mass is 19.4. The Kier molecular flexibility index (Phi) is 5.09. The van der Waals surface area contributed by atoms with Crippen molar-refractivity contribution in [1.82, 2.24) is 15.0 Å². The van der Waals surface area contributed by atoms with Crippen LogP contribution in [0.2, 0.25) is 0 Å². The second-order valence-electron chi connectivity index (χ2n) is 6.50. The lowest BCUT2D eigenvalue weighted by molar-refractivity contribution is -0.137. The Morgan fingerprint density at radius 2 is 1.67 bits per heavy atom. The van der Waals surface area contributed by atoms with Crippen molar-refractivity contribution in [2.75, 3.05) is 10.6 Å². The number of pyridine rings is 1. The number of aromatic amines is 1. The lowest BCUT2D eigenvalue weighted by Gasteiger charge is -2.12. The van der Waals surface area contributed by atoms with Gasteiger partial charge in [0.05, 0.1) is 11.1 Å². The molecule has 0 radical (unpaired) electrons. The van der Waals surface area contributed by atoms with Crippen LogP contribution in [0.3, 0.4) is 0 Å². The van der Waals surface area contributed by atoms with E-state index in [9.17, 15) is 18.0 Å². The molecule has 4 rings (SSSR count). The first kappa shape index (κ1) is 19.4. The molecule has 0 spiro atoms. The van der Waals surface area contributed by atoms with Crippen molar-refractivity contribution in [2.24, 2.45) is 0 Å². The predicted octanol–water partition coefficient (Wildman–Crippen LogP) is 4.69. The van der Waals surface area contributed by atoms with Crippen LogP contribution in [0.4, 0.5) is 30.6 Å². The van der Waals surface area contributed by atoms with Gasteiger partial charge < -0.3 is 15.6 Å². The Balaban J connectivity index is 1.67. The number of halogens is 3. The van der Waals surface area contributed by atoms with E-state index >= 15 is 0 Å². The van der Waals surface area contributed by atoms with Gasteiger partial charge in [-0.2, -0.15) is 18.2 Å². The molecule has 6 nitrogen and oxygen atoms in total. The zero-order valence-corrected chi connectivity index (χ0v) is 15.5. The molecule has 0 saturated heterocycles. The number of benzene rings is 2. The van der Waals surface area contributed by atoms with Crippen LogP contribution in [0.5, 0.6) is 0 Å². The Morgan fingerprint density at radius 1 is 0.933 bits per heavy atom. The SMILES string of the molecule is O=c1[nH]ccc2nc(NCc3ccccc3)nc(Nc3ccc(C(F)(F)F)cc3)c12. The molecular formula is C21H16F3N5O. The van der Waals surface area contributed by atoms with Crippen molar-refractivity contribution in [3.05, 3.63) is 88.3 Å². The second kappa shape index (κ2) is 7.86. The van der Waals surface area contributed by atoms with Gasteiger partial charge in [0.25, 0.3) is 5.56 Å². The van der Waals surface area contributed by atoms with Crippen molar-refractivity contribution in [1.29, 1.82) is 0 Å². The molecule has 0 saturated carbocycles. The lowest BCUT2D eigenvalue weighted by Crippen LogP contribution is -2.12. The number of hydrogen-bond acceptors (Lipinski definition) is 5. The minimum atomic E-state index is -4.42. The normalized spacial score (nSPS) is 11.4. The minimum absolute atomic E-state index is 0.192. The molecule has 0 fully saturated rings. The van der Waals surface area contributed by atoms with Crippen molar-refractivity contribution in [3.8, 4) is 0 Å². The molecule has 2 aromatic carbocycles. The van der Waals surface area contributed by atoms with E-state index in [0.717, 1.165) is 17.7 Å². The lowest BCUT2D eigenvalue weighted by atomic mass is 10.2. The van der Waals surface area contributed by atoms with Gasteiger partial charge in [-0.25, -0.2) is 4.98 Å². The summed E-state index contributed by atoms with van der Waals surface area (Å²) in [7, 11) is 0. The smallest absolute Gasteiger partial charge is 0.350 e. The molecule has 0 unspecified atom stereocenters. The van der Waals surface area contributed by atoms with E-state index in [2.05, 4.69) is 25.6 Å². The molecule has 0 amide bonds. The quantitative estimate of drug-likeness (QED) is 0.444. The topological polar surface area (TPSA) is 82.7 Å². The number of anilines is 3. The highest BCUT2D eigenvalue weighted by molar-refractivity contribution is 5.90. The van der Waals surface area contributed by atoms with E-state index in [1.807, 2.05) is 30.3 Å². The largest absolute Gasteiger partial charge is 0.416 e. The van der Waals surface area contributed by atoms with Crippen molar-refractivity contribution in [3.63, 3.8) is 0 Å². The molecule has 30 heavy (non-hydrogen) atoms. The second-order valence-corrected chi connectivity index (χ2v) is 6.50. The van der Waals surface area contributed by atoms with Crippen molar-refractivity contribution >= 4 is 28.4 Å². The number of H-pyrrole nitrogens is 1. The number of hydrogen-bond donors (Lipinski definition) is 3. The fourth-order valence-corrected chi connectivity index (χ4v) is 2.92. The van der Waals surface area contributed by atoms with Gasteiger partial charge in [0.2, 0.25) is 5.95 Å². The van der Waals surface area contributed by atoms with E-state index in [4.69, 9.17) is 0 Å². The summed E-state index contributed by atoms with van der Waals surface area (Å²) in [5.74, 6) is 0.475. The number of rotatable bonds is 5. The Morgan fingerprint density at radius 3 is 2.37 bits per heavy atom. The number of fused-ring (bicyclic) bond motifs is 1. The summed E-state index contributed by atoms with van der Waals surface area (Å²) >= 11 is 0. The first-order valence-electron chi connectivity index (χ1n) is 9.02. The van der Waals surface area contributed by atoms with Crippen molar-refractivity contribution in [2.45, 2.75) is 12.7 Å². The van der Waals surface area contributed by atoms with E-state index in [0.29, 0.717) is 17.7 Å². The van der Waals surface area contributed by atoms with E-state index in [-0.39, 0.29) is 17.2 Å². The monoisotopic (exact) mass is 411 g/mol. The highest BCUT2D eigenvalue weighted by Crippen LogP contribution is 2.30. The zero-order valence-electron chi connectivity index (χ0n) is 15.5. The Bertz CT molecular complexity index is 1220. The Hall–Kier alpha value is -3.88. The molecule has 3 N–H and O–H groups in total. The number of nitrogens with one attached hydrogen (secondary N) is 3. The molecule has 152 valence electrons. The van der Waals surface area contributed by atoms with Crippen molar-refractivity contribution < 1.29 is 13.2 Å².